The Labute approximate surface area is 77.7 Å². The molecule has 1 atom stereocenters. The van der Waals surface area contributed by atoms with Gasteiger partial charge in [-0.2, -0.15) is 0 Å². The average Bonchev–Trinajstić information content (AvgIpc) is 1.86. The molecule has 0 spiro atoms. The van der Waals surface area contributed by atoms with Gasteiger partial charge in [0, 0.05) is 36.1 Å². The second-order valence-electron chi connectivity index (χ2n) is 1.65. The van der Waals surface area contributed by atoms with Crippen molar-refractivity contribution >= 4 is 42.0 Å². The summed E-state index contributed by atoms with van der Waals surface area (Å²) in [6.07, 6.45) is 0.866. The summed E-state index contributed by atoms with van der Waals surface area (Å²) in [5.41, 5.74) is 0. The predicted molar refractivity (Wildman–Crippen MR) is 36.5 cm³/mol. The van der Waals surface area contributed by atoms with Gasteiger partial charge in [0.1, 0.15) is 0 Å². The molecule has 0 aromatic heterocycles. The Bertz CT molecular complexity index is 49.3. The predicted octanol–water partition coefficient (Wildman–Crippen LogP) is -0.618. The molecule has 1 aliphatic heterocycles. The Morgan fingerprint density at radius 3 is 2.25 bits per heavy atom. The zero-order chi connectivity index (χ0) is 4.41. The van der Waals surface area contributed by atoms with E-state index in [4.69, 9.17) is 5.11 Å². The van der Waals surface area contributed by atoms with Crippen LogP contribution in [0.5, 0.6) is 0 Å². The SMILES string of the molecule is Cl.O[C@H]1CCNC1.[Na]. The number of aliphatic hydroxyl groups excluding tert-OH is 1. The fourth-order valence-electron chi connectivity index (χ4n) is 0.639. The van der Waals surface area contributed by atoms with Gasteiger partial charge in [-0.1, -0.05) is 0 Å². The fraction of sp³-hybridized carbons (Fsp3) is 1.00. The van der Waals surface area contributed by atoms with E-state index in [0.29, 0.717) is 0 Å². The van der Waals surface area contributed by atoms with Crippen LogP contribution in [0.2, 0.25) is 0 Å². The molecule has 1 heterocycles. The molecule has 1 aliphatic rings. The summed E-state index contributed by atoms with van der Waals surface area (Å²) in [7, 11) is 0. The first-order valence-electron chi connectivity index (χ1n) is 2.28. The quantitative estimate of drug-likeness (QED) is 0.447. The zero-order valence-electron chi connectivity index (χ0n) is 5.05. The third-order valence-electron chi connectivity index (χ3n) is 1.03. The molecule has 0 aromatic carbocycles. The van der Waals surface area contributed by atoms with Crippen molar-refractivity contribution in [1.29, 1.82) is 0 Å². The number of hydrogen-bond donors (Lipinski definition) is 2. The zero-order valence-corrected chi connectivity index (χ0v) is 7.87. The molecule has 0 amide bonds. The van der Waals surface area contributed by atoms with Crippen molar-refractivity contribution in [2.45, 2.75) is 12.5 Å². The van der Waals surface area contributed by atoms with Gasteiger partial charge in [0.2, 0.25) is 0 Å². The molecule has 0 aromatic rings. The van der Waals surface area contributed by atoms with E-state index < -0.39 is 0 Å². The van der Waals surface area contributed by atoms with Crippen molar-refractivity contribution < 1.29 is 5.11 Å². The van der Waals surface area contributed by atoms with Crippen LogP contribution in [0.15, 0.2) is 0 Å². The topological polar surface area (TPSA) is 32.3 Å². The second kappa shape index (κ2) is 6.33. The Kier molecular flexibility index (Phi) is 9.45. The molecule has 4 heteroatoms. The van der Waals surface area contributed by atoms with E-state index in [1.807, 2.05) is 0 Å². The first-order valence-corrected chi connectivity index (χ1v) is 2.28. The van der Waals surface area contributed by atoms with Gasteiger partial charge in [0.25, 0.3) is 0 Å². The fourth-order valence-corrected chi connectivity index (χ4v) is 0.639. The molecule has 1 fully saturated rings. The molecule has 1 rings (SSSR count). The van der Waals surface area contributed by atoms with Crippen LogP contribution in [0.1, 0.15) is 6.42 Å². The molecule has 2 nitrogen and oxygen atoms in total. The maximum atomic E-state index is 8.67. The van der Waals surface area contributed by atoms with Crippen LogP contribution in [0, 0.1) is 0 Å². The van der Waals surface area contributed by atoms with Crippen molar-refractivity contribution in [2.24, 2.45) is 0 Å². The van der Waals surface area contributed by atoms with Crippen LogP contribution < -0.4 is 5.32 Å². The Morgan fingerprint density at radius 2 is 2.12 bits per heavy atom. The van der Waals surface area contributed by atoms with Crippen molar-refractivity contribution in [1.82, 2.24) is 5.32 Å². The van der Waals surface area contributed by atoms with Crippen LogP contribution in [-0.4, -0.2) is 53.9 Å². The number of rotatable bonds is 0. The van der Waals surface area contributed by atoms with Gasteiger partial charge >= 0.3 is 0 Å². The first kappa shape index (κ1) is 11.9. The normalized spacial score (nSPS) is 25.9. The third-order valence-corrected chi connectivity index (χ3v) is 1.03. The smallest absolute Gasteiger partial charge is 0.0676 e. The van der Waals surface area contributed by atoms with Gasteiger partial charge < -0.3 is 10.4 Å². The third kappa shape index (κ3) is 4.13. The molecular weight excluding hydrogens is 136 g/mol. The molecule has 1 radical (unpaired) electrons. The number of hydrogen-bond acceptors (Lipinski definition) is 2. The molecule has 8 heavy (non-hydrogen) atoms. The molecular formula is C4H10ClNNaO. The minimum Gasteiger partial charge on any atom is -0.392 e. The molecule has 0 bridgehead atoms. The molecule has 0 aliphatic carbocycles. The maximum absolute atomic E-state index is 8.67. The van der Waals surface area contributed by atoms with Crippen LogP contribution in [0.3, 0.4) is 0 Å². The maximum Gasteiger partial charge on any atom is 0.0676 e. The van der Waals surface area contributed by atoms with Gasteiger partial charge in [-0.3, -0.25) is 0 Å². The first-order chi connectivity index (χ1) is 2.89. The van der Waals surface area contributed by atoms with Crippen molar-refractivity contribution in [2.75, 3.05) is 13.1 Å². The summed E-state index contributed by atoms with van der Waals surface area (Å²) >= 11 is 0. The van der Waals surface area contributed by atoms with Crippen LogP contribution in [-0.2, 0) is 0 Å². The number of aliphatic hydroxyl groups is 1. The summed E-state index contributed by atoms with van der Waals surface area (Å²) in [5, 5.41) is 11.7. The Morgan fingerprint density at radius 1 is 1.50 bits per heavy atom. The average molecular weight is 147 g/mol. The second-order valence-corrected chi connectivity index (χ2v) is 1.65. The van der Waals surface area contributed by atoms with Crippen molar-refractivity contribution in [3.05, 3.63) is 0 Å². The van der Waals surface area contributed by atoms with Crippen LogP contribution >= 0.6 is 12.4 Å². The van der Waals surface area contributed by atoms with Gasteiger partial charge in [0.05, 0.1) is 6.10 Å². The number of halogens is 1. The molecule has 45 valence electrons. The van der Waals surface area contributed by atoms with E-state index >= 15 is 0 Å². The van der Waals surface area contributed by atoms with Crippen LogP contribution in [0.25, 0.3) is 0 Å². The molecule has 1 saturated heterocycles. The largest absolute Gasteiger partial charge is 0.392 e. The monoisotopic (exact) mass is 146 g/mol. The standard InChI is InChI=1S/C4H9NO.ClH.Na/c6-4-1-2-5-3-4;;/h4-6H,1-3H2;1H;/t4-;;/m0../s1. The Hall–Kier alpha value is 1.21. The summed E-state index contributed by atoms with van der Waals surface area (Å²) < 4.78 is 0. The molecule has 0 saturated carbocycles. The van der Waals surface area contributed by atoms with Gasteiger partial charge in [-0.05, 0) is 13.0 Å². The van der Waals surface area contributed by atoms with E-state index in [9.17, 15) is 0 Å². The van der Waals surface area contributed by atoms with E-state index in [1.165, 1.54) is 0 Å². The minimum absolute atomic E-state index is 0. The summed E-state index contributed by atoms with van der Waals surface area (Å²) in [4.78, 5) is 0. The van der Waals surface area contributed by atoms with E-state index in [1.54, 1.807) is 0 Å². The summed E-state index contributed by atoms with van der Waals surface area (Å²) in [5.74, 6) is 0. The summed E-state index contributed by atoms with van der Waals surface area (Å²) in [6.45, 7) is 1.78. The van der Waals surface area contributed by atoms with Gasteiger partial charge in [0.15, 0.2) is 0 Å². The Balaban J connectivity index is 0. The minimum atomic E-state index is -0.0648. The van der Waals surface area contributed by atoms with E-state index in [-0.39, 0.29) is 48.1 Å². The molecule has 2 N–H and O–H groups in total. The van der Waals surface area contributed by atoms with E-state index in [0.717, 1.165) is 19.5 Å². The van der Waals surface area contributed by atoms with E-state index in [2.05, 4.69) is 5.32 Å². The van der Waals surface area contributed by atoms with Gasteiger partial charge in [-0.15, -0.1) is 12.4 Å². The van der Waals surface area contributed by atoms with Crippen molar-refractivity contribution in [3.8, 4) is 0 Å². The van der Waals surface area contributed by atoms with Crippen LogP contribution in [0.4, 0.5) is 0 Å². The van der Waals surface area contributed by atoms with Crippen molar-refractivity contribution in [3.63, 3.8) is 0 Å². The van der Waals surface area contributed by atoms with Gasteiger partial charge in [-0.25, -0.2) is 0 Å². The number of β-amino-alcohol motifs (C(OH)–C–C–N with tert-alkyl or cyclic N) is 1. The number of nitrogens with one attached hydrogen (secondary N) is 1. The molecule has 0 unspecified atom stereocenters. The summed E-state index contributed by atoms with van der Waals surface area (Å²) in [6, 6.07) is 0.